The van der Waals surface area contributed by atoms with Gasteiger partial charge in [-0.1, -0.05) is 31.5 Å². The number of carbonyl (C=O) groups excluding carboxylic acids is 1. The number of carboxylic acids is 1. The van der Waals surface area contributed by atoms with E-state index in [0.717, 1.165) is 18.5 Å². The van der Waals surface area contributed by atoms with E-state index in [0.29, 0.717) is 6.54 Å². The fraction of sp³-hybridized carbons (Fsp3) is 0.467. The lowest BCUT2D eigenvalue weighted by Crippen LogP contribution is -2.48. The van der Waals surface area contributed by atoms with Crippen molar-refractivity contribution in [1.82, 2.24) is 4.90 Å². The molecule has 0 aliphatic heterocycles. The van der Waals surface area contributed by atoms with Crippen LogP contribution in [-0.2, 0) is 4.79 Å². The normalized spacial score (nSPS) is 11.8. The molecule has 5 nitrogen and oxygen atoms in total. The second-order valence-electron chi connectivity index (χ2n) is 4.75. The van der Waals surface area contributed by atoms with Crippen LogP contribution in [0.15, 0.2) is 30.3 Å². The molecule has 1 N–H and O–H groups in total. The van der Waals surface area contributed by atoms with Gasteiger partial charge in [-0.15, -0.1) is 0 Å². The minimum atomic E-state index is -1.01. The van der Waals surface area contributed by atoms with Crippen molar-refractivity contribution in [3.8, 4) is 0 Å². The van der Waals surface area contributed by atoms with Crippen molar-refractivity contribution in [2.45, 2.75) is 32.7 Å². The van der Waals surface area contributed by atoms with Crippen LogP contribution in [0.5, 0.6) is 0 Å². The molecule has 1 unspecified atom stereocenters. The zero-order valence-corrected chi connectivity index (χ0v) is 12.2. The van der Waals surface area contributed by atoms with E-state index in [9.17, 15) is 9.59 Å². The van der Waals surface area contributed by atoms with Crippen LogP contribution in [0.3, 0.4) is 0 Å². The number of carbonyl (C=O) groups is 2. The van der Waals surface area contributed by atoms with Crippen LogP contribution in [0, 0.1) is 0 Å². The van der Waals surface area contributed by atoms with E-state index in [1.165, 1.54) is 18.9 Å². The molecule has 2 amide bonds. The number of carboxylic acid groups (broad SMARTS) is 1. The highest BCUT2D eigenvalue weighted by atomic mass is 16.4. The number of unbranched alkanes of at least 4 members (excludes halogenated alkanes) is 1. The average Bonchev–Trinajstić information content (AvgIpc) is 2.46. The first kappa shape index (κ1) is 16.0. The molecule has 0 saturated heterocycles. The quantitative estimate of drug-likeness (QED) is 0.870. The summed E-state index contributed by atoms with van der Waals surface area (Å²) >= 11 is 0. The molecule has 0 heterocycles. The van der Waals surface area contributed by atoms with Crippen LogP contribution in [0.2, 0.25) is 0 Å². The molecule has 0 aliphatic carbocycles. The number of anilines is 1. The van der Waals surface area contributed by atoms with E-state index >= 15 is 0 Å². The van der Waals surface area contributed by atoms with Gasteiger partial charge in [0.1, 0.15) is 6.04 Å². The van der Waals surface area contributed by atoms with Crippen LogP contribution in [-0.4, -0.2) is 41.6 Å². The molecular weight excluding hydrogens is 256 g/mol. The second-order valence-corrected chi connectivity index (χ2v) is 4.75. The van der Waals surface area contributed by atoms with Gasteiger partial charge in [0.05, 0.1) is 0 Å². The molecule has 0 spiro atoms. The highest BCUT2D eigenvalue weighted by molar-refractivity contribution is 5.94. The number of benzene rings is 1. The number of rotatable bonds is 6. The van der Waals surface area contributed by atoms with Gasteiger partial charge >= 0.3 is 12.0 Å². The minimum Gasteiger partial charge on any atom is -0.480 e. The Hall–Kier alpha value is -2.04. The molecule has 20 heavy (non-hydrogen) atoms. The van der Waals surface area contributed by atoms with Crippen molar-refractivity contribution in [3.63, 3.8) is 0 Å². The standard InChI is InChI=1S/C15H22N2O3/c1-4-5-11-17(13-9-7-6-8-10-13)15(20)16(3)12(2)14(18)19/h6-10,12H,4-5,11H2,1-3H3,(H,18,19). The summed E-state index contributed by atoms with van der Waals surface area (Å²) in [6.07, 6.45) is 1.84. The third kappa shape index (κ3) is 3.98. The SMILES string of the molecule is CCCCN(C(=O)N(C)C(C)C(=O)O)c1ccccc1. The number of nitrogens with zero attached hydrogens (tertiary/aromatic N) is 2. The van der Waals surface area contributed by atoms with Crippen molar-refractivity contribution in [1.29, 1.82) is 0 Å². The monoisotopic (exact) mass is 278 g/mol. The Morgan fingerprint density at radius 3 is 2.35 bits per heavy atom. The first-order chi connectivity index (χ1) is 9.49. The van der Waals surface area contributed by atoms with Crippen LogP contribution in [0.1, 0.15) is 26.7 Å². The molecule has 1 rings (SSSR count). The third-order valence-electron chi connectivity index (χ3n) is 3.27. The maximum absolute atomic E-state index is 12.5. The third-order valence-corrected chi connectivity index (χ3v) is 3.27. The summed E-state index contributed by atoms with van der Waals surface area (Å²) < 4.78 is 0. The fourth-order valence-corrected chi connectivity index (χ4v) is 1.78. The lowest BCUT2D eigenvalue weighted by molar-refractivity contribution is -0.141. The summed E-state index contributed by atoms with van der Waals surface area (Å²) in [6, 6.07) is 8.18. The Labute approximate surface area is 119 Å². The summed E-state index contributed by atoms with van der Waals surface area (Å²) in [7, 11) is 1.52. The molecule has 0 aromatic heterocycles. The van der Waals surface area contributed by atoms with E-state index in [-0.39, 0.29) is 6.03 Å². The Kier molecular flexibility index (Phi) is 6.03. The van der Waals surface area contributed by atoms with E-state index in [1.54, 1.807) is 4.90 Å². The van der Waals surface area contributed by atoms with Gasteiger partial charge < -0.3 is 10.0 Å². The van der Waals surface area contributed by atoms with Gasteiger partial charge in [0.25, 0.3) is 0 Å². The summed E-state index contributed by atoms with van der Waals surface area (Å²) in [4.78, 5) is 26.4. The van der Waals surface area contributed by atoms with Gasteiger partial charge in [-0.3, -0.25) is 4.90 Å². The van der Waals surface area contributed by atoms with Gasteiger partial charge in [-0.05, 0) is 25.5 Å². The van der Waals surface area contributed by atoms with E-state index < -0.39 is 12.0 Å². The van der Waals surface area contributed by atoms with Crippen LogP contribution < -0.4 is 4.90 Å². The van der Waals surface area contributed by atoms with Gasteiger partial charge in [-0.2, -0.15) is 0 Å². The second kappa shape index (κ2) is 7.53. The number of para-hydroxylation sites is 1. The number of hydrogen-bond donors (Lipinski definition) is 1. The molecule has 1 atom stereocenters. The van der Waals surface area contributed by atoms with E-state index in [1.807, 2.05) is 30.3 Å². The van der Waals surface area contributed by atoms with Crippen molar-refractivity contribution in [3.05, 3.63) is 30.3 Å². The average molecular weight is 278 g/mol. The predicted octanol–water partition coefficient (Wildman–Crippen LogP) is 2.82. The molecule has 110 valence electrons. The molecule has 0 fully saturated rings. The molecule has 0 bridgehead atoms. The Bertz CT molecular complexity index is 448. The minimum absolute atomic E-state index is 0.292. The molecular formula is C15H22N2O3. The number of likely N-dealkylation sites (N-methyl/N-ethyl adjacent to an activating group) is 1. The van der Waals surface area contributed by atoms with Crippen molar-refractivity contribution >= 4 is 17.7 Å². The summed E-state index contributed by atoms with van der Waals surface area (Å²) in [5, 5.41) is 9.02. The maximum atomic E-state index is 12.5. The Morgan fingerprint density at radius 1 is 1.25 bits per heavy atom. The van der Waals surface area contributed by atoms with Crippen molar-refractivity contribution in [2.24, 2.45) is 0 Å². The lowest BCUT2D eigenvalue weighted by atomic mass is 10.2. The molecule has 0 radical (unpaired) electrons. The number of aliphatic carboxylic acids is 1. The molecule has 0 saturated carbocycles. The van der Waals surface area contributed by atoms with Gasteiger partial charge in [0.2, 0.25) is 0 Å². The Balaban J connectivity index is 2.93. The smallest absolute Gasteiger partial charge is 0.326 e. The number of hydrogen-bond acceptors (Lipinski definition) is 2. The molecule has 0 aliphatic rings. The molecule has 1 aromatic carbocycles. The lowest BCUT2D eigenvalue weighted by Gasteiger charge is -2.30. The summed E-state index contributed by atoms with van der Waals surface area (Å²) in [5.74, 6) is -1.01. The van der Waals surface area contributed by atoms with Gasteiger partial charge in [0.15, 0.2) is 0 Å². The first-order valence-electron chi connectivity index (χ1n) is 6.81. The fourth-order valence-electron chi connectivity index (χ4n) is 1.78. The van der Waals surface area contributed by atoms with Crippen molar-refractivity contribution in [2.75, 3.05) is 18.5 Å². The highest BCUT2D eigenvalue weighted by Gasteiger charge is 2.26. The van der Waals surface area contributed by atoms with Gasteiger partial charge in [-0.25, -0.2) is 9.59 Å². The van der Waals surface area contributed by atoms with Gasteiger partial charge in [0, 0.05) is 19.3 Å². The largest absolute Gasteiger partial charge is 0.480 e. The van der Waals surface area contributed by atoms with Crippen molar-refractivity contribution < 1.29 is 14.7 Å². The van der Waals surface area contributed by atoms with Crippen LogP contribution >= 0.6 is 0 Å². The van der Waals surface area contributed by atoms with Crippen LogP contribution in [0.4, 0.5) is 10.5 Å². The molecule has 1 aromatic rings. The summed E-state index contributed by atoms with van der Waals surface area (Å²) in [6.45, 7) is 4.14. The predicted molar refractivity (Wildman–Crippen MR) is 79.0 cm³/mol. The Morgan fingerprint density at radius 2 is 1.85 bits per heavy atom. The van der Waals surface area contributed by atoms with E-state index in [4.69, 9.17) is 5.11 Å². The highest BCUT2D eigenvalue weighted by Crippen LogP contribution is 2.17. The summed E-state index contributed by atoms with van der Waals surface area (Å²) in [5.41, 5.74) is 0.787. The van der Waals surface area contributed by atoms with Crippen LogP contribution in [0.25, 0.3) is 0 Å². The first-order valence-corrected chi connectivity index (χ1v) is 6.81. The zero-order chi connectivity index (χ0) is 15.1. The number of amides is 2. The number of urea groups is 1. The van der Waals surface area contributed by atoms with E-state index in [2.05, 4.69) is 6.92 Å². The maximum Gasteiger partial charge on any atom is 0.326 e. The topological polar surface area (TPSA) is 60.9 Å². The molecule has 5 heteroatoms. The zero-order valence-electron chi connectivity index (χ0n) is 12.2.